The van der Waals surface area contributed by atoms with Crippen molar-refractivity contribution in [2.45, 2.75) is 19.9 Å². The molecule has 0 aromatic heterocycles. The van der Waals surface area contributed by atoms with E-state index in [2.05, 4.69) is 0 Å². The minimum atomic E-state index is -0.714. The summed E-state index contributed by atoms with van der Waals surface area (Å²) in [7, 11) is 1.37. The van der Waals surface area contributed by atoms with Crippen molar-refractivity contribution in [1.82, 2.24) is 0 Å². The van der Waals surface area contributed by atoms with Crippen molar-refractivity contribution in [3.8, 4) is 0 Å². The quantitative estimate of drug-likeness (QED) is 0.614. The molecule has 3 heteroatoms. The summed E-state index contributed by atoms with van der Waals surface area (Å²) in [5.41, 5.74) is 6.22. The zero-order valence-corrected chi connectivity index (χ0v) is 8.20. The molecule has 0 aromatic carbocycles. The summed E-state index contributed by atoms with van der Waals surface area (Å²) in [6, 6.07) is -0.301. The van der Waals surface area contributed by atoms with Crippen LogP contribution < -0.4 is 5.73 Å². The van der Waals surface area contributed by atoms with Crippen LogP contribution in [0.3, 0.4) is 0 Å². The molecule has 0 aliphatic heterocycles. The molecule has 0 heterocycles. The fraction of sp³-hybridized carbons (Fsp3) is 0.500. The number of carbonyl (C=O) groups excluding carboxylic acids is 1. The fourth-order valence-electron chi connectivity index (χ4n) is 1.35. The van der Waals surface area contributed by atoms with Gasteiger partial charge in [-0.05, 0) is 13.8 Å². The van der Waals surface area contributed by atoms with Crippen LogP contribution in [0.4, 0.5) is 0 Å². The van der Waals surface area contributed by atoms with E-state index in [-0.39, 0.29) is 12.0 Å². The fourth-order valence-corrected chi connectivity index (χ4v) is 1.35. The molecular weight excluding hydrogens is 166 g/mol. The number of carbonyl (C=O) groups is 1. The smallest absolute Gasteiger partial charge is 0.317 e. The Morgan fingerprint density at radius 2 is 2.31 bits per heavy atom. The largest absolute Gasteiger partial charge is 0.468 e. The standard InChI is InChI=1S/C10H15NO2/c1-7-4-5-10(2,8(11)6-7)9(12)13-3/h4-6,8H,11H2,1-3H3. The van der Waals surface area contributed by atoms with Crippen LogP contribution in [-0.2, 0) is 9.53 Å². The lowest BCUT2D eigenvalue weighted by molar-refractivity contribution is -0.149. The summed E-state index contributed by atoms with van der Waals surface area (Å²) in [5, 5.41) is 0. The number of ether oxygens (including phenoxy) is 1. The molecule has 0 bridgehead atoms. The highest BCUT2D eigenvalue weighted by atomic mass is 16.5. The minimum Gasteiger partial charge on any atom is -0.468 e. The first-order chi connectivity index (χ1) is 6.00. The maximum absolute atomic E-state index is 11.4. The van der Waals surface area contributed by atoms with Gasteiger partial charge in [-0.3, -0.25) is 4.79 Å². The molecule has 1 aliphatic rings. The average Bonchev–Trinajstić information content (AvgIpc) is 2.11. The topological polar surface area (TPSA) is 52.3 Å². The third-order valence-electron chi connectivity index (χ3n) is 2.45. The van der Waals surface area contributed by atoms with Gasteiger partial charge < -0.3 is 10.5 Å². The van der Waals surface area contributed by atoms with Gasteiger partial charge in [-0.15, -0.1) is 0 Å². The van der Waals surface area contributed by atoms with E-state index in [0.29, 0.717) is 0 Å². The summed E-state index contributed by atoms with van der Waals surface area (Å²) in [6.07, 6.45) is 5.57. The van der Waals surface area contributed by atoms with Crippen LogP contribution >= 0.6 is 0 Å². The highest BCUT2D eigenvalue weighted by molar-refractivity contribution is 5.80. The summed E-state index contributed by atoms with van der Waals surface area (Å²) in [5.74, 6) is -0.292. The molecule has 0 radical (unpaired) electrons. The van der Waals surface area contributed by atoms with Crippen molar-refractivity contribution in [3.63, 3.8) is 0 Å². The van der Waals surface area contributed by atoms with Gasteiger partial charge in [-0.25, -0.2) is 0 Å². The van der Waals surface area contributed by atoms with Gasteiger partial charge in [0.1, 0.15) is 5.41 Å². The Balaban J connectivity index is 2.95. The van der Waals surface area contributed by atoms with E-state index >= 15 is 0 Å². The molecule has 1 aliphatic carbocycles. The predicted molar refractivity (Wildman–Crippen MR) is 51.0 cm³/mol. The van der Waals surface area contributed by atoms with Gasteiger partial charge in [0, 0.05) is 6.04 Å². The lowest BCUT2D eigenvalue weighted by Gasteiger charge is -2.30. The van der Waals surface area contributed by atoms with Gasteiger partial charge in [-0.1, -0.05) is 23.8 Å². The minimum absolute atomic E-state index is 0.292. The first-order valence-corrected chi connectivity index (χ1v) is 4.22. The third kappa shape index (κ3) is 1.65. The first-order valence-electron chi connectivity index (χ1n) is 4.22. The maximum atomic E-state index is 11.4. The lowest BCUT2D eigenvalue weighted by Crippen LogP contribution is -2.44. The molecule has 0 aromatic rings. The van der Waals surface area contributed by atoms with Crippen LogP contribution in [0, 0.1) is 5.41 Å². The van der Waals surface area contributed by atoms with Crippen molar-refractivity contribution in [2.24, 2.45) is 11.1 Å². The molecule has 0 saturated carbocycles. The second kappa shape index (κ2) is 3.34. The van der Waals surface area contributed by atoms with E-state index in [1.807, 2.05) is 19.1 Å². The Morgan fingerprint density at radius 3 is 2.77 bits per heavy atom. The lowest BCUT2D eigenvalue weighted by atomic mass is 9.78. The van der Waals surface area contributed by atoms with E-state index in [1.165, 1.54) is 7.11 Å². The zero-order valence-electron chi connectivity index (χ0n) is 8.20. The molecule has 0 amide bonds. The summed E-state index contributed by atoms with van der Waals surface area (Å²) in [6.45, 7) is 3.73. The van der Waals surface area contributed by atoms with Gasteiger partial charge in [0.05, 0.1) is 7.11 Å². The molecule has 0 fully saturated rings. The van der Waals surface area contributed by atoms with Crippen LogP contribution in [0.15, 0.2) is 23.8 Å². The van der Waals surface area contributed by atoms with Crippen LogP contribution in [0.5, 0.6) is 0 Å². The number of hydrogen-bond acceptors (Lipinski definition) is 3. The molecule has 0 saturated heterocycles. The van der Waals surface area contributed by atoms with Crippen molar-refractivity contribution in [1.29, 1.82) is 0 Å². The molecule has 3 nitrogen and oxygen atoms in total. The Bertz CT molecular complexity index is 281. The Morgan fingerprint density at radius 1 is 1.69 bits per heavy atom. The van der Waals surface area contributed by atoms with Crippen LogP contribution in [0.25, 0.3) is 0 Å². The normalized spacial score (nSPS) is 32.6. The number of nitrogens with two attached hydrogens (primary N) is 1. The van der Waals surface area contributed by atoms with E-state index in [4.69, 9.17) is 10.5 Å². The molecule has 2 N–H and O–H groups in total. The number of rotatable bonds is 1. The summed E-state index contributed by atoms with van der Waals surface area (Å²) < 4.78 is 4.70. The number of esters is 1. The maximum Gasteiger partial charge on any atom is 0.317 e. The third-order valence-corrected chi connectivity index (χ3v) is 2.45. The summed E-state index contributed by atoms with van der Waals surface area (Å²) >= 11 is 0. The molecule has 0 spiro atoms. The van der Waals surface area contributed by atoms with E-state index in [1.54, 1.807) is 13.0 Å². The van der Waals surface area contributed by atoms with Gasteiger partial charge >= 0.3 is 5.97 Å². The van der Waals surface area contributed by atoms with Crippen molar-refractivity contribution >= 4 is 5.97 Å². The number of methoxy groups -OCH3 is 1. The van der Waals surface area contributed by atoms with Crippen molar-refractivity contribution in [3.05, 3.63) is 23.8 Å². The van der Waals surface area contributed by atoms with E-state index in [0.717, 1.165) is 5.57 Å². The summed E-state index contributed by atoms with van der Waals surface area (Å²) in [4.78, 5) is 11.4. The van der Waals surface area contributed by atoms with Gasteiger partial charge in [0.2, 0.25) is 0 Å². The Kier molecular flexibility index (Phi) is 2.57. The van der Waals surface area contributed by atoms with Crippen molar-refractivity contribution < 1.29 is 9.53 Å². The van der Waals surface area contributed by atoms with Crippen LogP contribution in [0.1, 0.15) is 13.8 Å². The number of hydrogen-bond donors (Lipinski definition) is 1. The van der Waals surface area contributed by atoms with Crippen molar-refractivity contribution in [2.75, 3.05) is 7.11 Å². The SMILES string of the molecule is COC(=O)C1(C)C=CC(C)=CC1N. The highest BCUT2D eigenvalue weighted by Crippen LogP contribution is 2.29. The van der Waals surface area contributed by atoms with E-state index in [9.17, 15) is 4.79 Å². The molecule has 13 heavy (non-hydrogen) atoms. The second-order valence-corrected chi connectivity index (χ2v) is 3.54. The van der Waals surface area contributed by atoms with E-state index < -0.39 is 5.41 Å². The Labute approximate surface area is 78.3 Å². The molecular formula is C10H15NO2. The predicted octanol–water partition coefficient (Wildman–Crippen LogP) is 1.01. The Hall–Kier alpha value is -1.09. The van der Waals surface area contributed by atoms with Gasteiger partial charge in [-0.2, -0.15) is 0 Å². The monoisotopic (exact) mass is 181 g/mol. The zero-order chi connectivity index (χ0) is 10.1. The average molecular weight is 181 g/mol. The molecule has 1 rings (SSSR count). The van der Waals surface area contributed by atoms with Crippen LogP contribution in [-0.4, -0.2) is 19.1 Å². The molecule has 72 valence electrons. The molecule has 2 unspecified atom stereocenters. The van der Waals surface area contributed by atoms with Crippen LogP contribution in [0.2, 0.25) is 0 Å². The second-order valence-electron chi connectivity index (χ2n) is 3.54. The molecule has 2 atom stereocenters. The highest BCUT2D eigenvalue weighted by Gasteiger charge is 2.38. The number of allylic oxidation sites excluding steroid dienone is 2. The van der Waals surface area contributed by atoms with Gasteiger partial charge in [0.25, 0.3) is 0 Å². The van der Waals surface area contributed by atoms with Gasteiger partial charge in [0.15, 0.2) is 0 Å². The first kappa shape index (κ1) is 9.99.